The number of carbonyl (C=O) groups excluding carboxylic acids is 2. The molecular weight excluding hydrogens is 613 g/mol. The Morgan fingerprint density at radius 2 is 1.62 bits per heavy atom. The highest BCUT2D eigenvalue weighted by molar-refractivity contribution is 7.91. The summed E-state index contributed by atoms with van der Waals surface area (Å²) >= 11 is -1.84. The predicted molar refractivity (Wildman–Crippen MR) is 178 cm³/mol. The van der Waals surface area contributed by atoms with Crippen molar-refractivity contribution in [1.82, 2.24) is 0 Å². The van der Waals surface area contributed by atoms with Gasteiger partial charge in [-0.15, -0.1) is 0 Å². The van der Waals surface area contributed by atoms with Gasteiger partial charge in [-0.1, -0.05) is 36.4 Å². The third-order valence-corrected chi connectivity index (χ3v) is 12.0. The maximum absolute atomic E-state index is 13.4. The van der Waals surface area contributed by atoms with Crippen LogP contribution in [-0.4, -0.2) is 52.0 Å². The Morgan fingerprint density at radius 3 is 2.24 bits per heavy atom. The van der Waals surface area contributed by atoms with Crippen LogP contribution in [0.4, 0.5) is 11.4 Å². The zero-order valence-corrected chi connectivity index (χ0v) is 27.7. The molecule has 0 bridgehead atoms. The summed E-state index contributed by atoms with van der Waals surface area (Å²) in [7, 11) is -3.15. The molecule has 2 fully saturated rings. The molecule has 3 aliphatic rings. The zero-order valence-electron chi connectivity index (χ0n) is 26.0. The number of nitrogens with zero attached hydrogens (tertiary/aromatic N) is 1. The van der Waals surface area contributed by atoms with Crippen LogP contribution in [0.5, 0.6) is 5.75 Å². The van der Waals surface area contributed by atoms with Crippen molar-refractivity contribution in [2.75, 3.05) is 17.3 Å². The van der Waals surface area contributed by atoms with Crippen molar-refractivity contribution in [3.63, 3.8) is 0 Å². The highest BCUT2D eigenvalue weighted by Crippen LogP contribution is 2.50. The molecule has 1 aliphatic heterocycles. The number of nitrogens with one attached hydrogen (secondary N) is 1. The van der Waals surface area contributed by atoms with Gasteiger partial charge in [-0.25, -0.2) is 17.6 Å². The van der Waals surface area contributed by atoms with E-state index in [9.17, 15) is 26.8 Å². The highest BCUT2D eigenvalue weighted by Gasteiger charge is 2.40. The Hall–Kier alpha value is -3.15. The smallest absolute Gasteiger partial charge is 0.314 e. The van der Waals surface area contributed by atoms with Crippen LogP contribution in [0.15, 0.2) is 53.5 Å². The second kappa shape index (κ2) is 13.7. The van der Waals surface area contributed by atoms with Crippen molar-refractivity contribution in [3.05, 3.63) is 59.7 Å². The maximum atomic E-state index is 13.4. The first-order valence-corrected chi connectivity index (χ1v) is 18.8. The molecule has 11 heteroatoms. The standard InChI is InChI=1S/C34H42N2O7S2/c1-34(2)29(20-11-22-7-5-4-6-8-22)36-31-27(35-32(37)24-12-9-23(10-13-24)21-44(39)40)18-19-28(30(31)34)43-33(38)25-14-16-26(17-15-25)45(3,41)42/h4-8,11,18-20,23-26H,9-10,12-17,21H2,1-3H3,(H,35,37)(H,39,40)/b20-11+. The summed E-state index contributed by atoms with van der Waals surface area (Å²) in [6.07, 6.45) is 9.70. The number of sulfone groups is 1. The first kappa shape index (κ1) is 33.2. The molecule has 242 valence electrons. The summed E-state index contributed by atoms with van der Waals surface area (Å²) in [5.74, 6) is -0.334. The first-order chi connectivity index (χ1) is 21.3. The fraction of sp³-hybridized carbons (Fsp3) is 0.500. The second-order valence-corrected chi connectivity index (χ2v) is 16.4. The summed E-state index contributed by atoms with van der Waals surface area (Å²) < 4.78 is 50.5. The van der Waals surface area contributed by atoms with E-state index in [1.807, 2.05) is 56.3 Å². The molecule has 9 nitrogen and oxygen atoms in total. The third kappa shape index (κ3) is 7.81. The van der Waals surface area contributed by atoms with Crippen LogP contribution in [0.25, 0.3) is 6.08 Å². The first-order valence-electron chi connectivity index (χ1n) is 15.6. The van der Waals surface area contributed by atoms with E-state index in [1.165, 1.54) is 6.26 Å². The topological polar surface area (TPSA) is 139 Å². The van der Waals surface area contributed by atoms with Crippen molar-refractivity contribution in [2.24, 2.45) is 22.7 Å². The number of amides is 1. The fourth-order valence-electron chi connectivity index (χ4n) is 6.80. The van der Waals surface area contributed by atoms with Crippen molar-refractivity contribution >= 4 is 56.0 Å². The maximum Gasteiger partial charge on any atom is 0.314 e. The van der Waals surface area contributed by atoms with Crippen LogP contribution in [0.1, 0.15) is 76.3 Å². The average Bonchev–Trinajstić information content (AvgIpc) is 3.27. The minimum absolute atomic E-state index is 0.116. The number of aliphatic imine (C=N–C) groups is 1. The number of allylic oxidation sites excluding steroid dienone is 1. The van der Waals surface area contributed by atoms with Gasteiger partial charge < -0.3 is 14.6 Å². The molecule has 2 saturated carbocycles. The van der Waals surface area contributed by atoms with E-state index in [1.54, 1.807) is 12.1 Å². The van der Waals surface area contributed by atoms with Crippen LogP contribution >= 0.6 is 0 Å². The Bertz CT molecular complexity index is 1620. The summed E-state index contributed by atoms with van der Waals surface area (Å²) in [6, 6.07) is 13.3. The summed E-state index contributed by atoms with van der Waals surface area (Å²) in [5.41, 5.74) is 2.92. The molecule has 1 unspecified atom stereocenters. The average molecular weight is 655 g/mol. The lowest BCUT2D eigenvalue weighted by molar-refractivity contribution is -0.140. The van der Waals surface area contributed by atoms with Gasteiger partial charge in [-0.3, -0.25) is 9.59 Å². The summed E-state index contributed by atoms with van der Waals surface area (Å²) in [4.78, 5) is 31.7. The van der Waals surface area contributed by atoms with Crippen molar-refractivity contribution in [1.29, 1.82) is 0 Å². The largest absolute Gasteiger partial charge is 0.426 e. The van der Waals surface area contributed by atoms with Gasteiger partial charge in [0.15, 0.2) is 11.1 Å². The molecule has 2 aliphatic carbocycles. The number of ether oxygens (including phenoxy) is 1. The number of rotatable bonds is 9. The molecule has 0 saturated heterocycles. The Morgan fingerprint density at radius 1 is 0.978 bits per heavy atom. The van der Waals surface area contributed by atoms with E-state index in [0.717, 1.165) is 24.1 Å². The Balaban J connectivity index is 1.39. The predicted octanol–water partition coefficient (Wildman–Crippen LogP) is 6.24. The van der Waals surface area contributed by atoms with E-state index < -0.39 is 31.6 Å². The molecule has 2 aromatic rings. The summed E-state index contributed by atoms with van der Waals surface area (Å²) in [5, 5.41) is 2.66. The number of hydrogen-bond acceptors (Lipinski definition) is 7. The number of benzene rings is 2. The van der Waals surface area contributed by atoms with Crippen LogP contribution < -0.4 is 10.1 Å². The lowest BCUT2D eigenvalue weighted by atomic mass is 9.80. The number of fused-ring (bicyclic) bond motifs is 1. The molecule has 5 rings (SSSR count). The lowest BCUT2D eigenvalue weighted by Crippen LogP contribution is -2.32. The SMILES string of the molecule is CC1(C)C(/C=C/c2ccccc2)=Nc2c(NC(=O)C3CCC(CS(=O)O)CC3)ccc(OC(=O)C3CCC(S(C)(=O)=O)CC3)c21. The molecule has 0 aromatic heterocycles. The van der Waals surface area contributed by atoms with Gasteiger partial charge in [0.2, 0.25) is 5.91 Å². The van der Waals surface area contributed by atoms with Crippen LogP contribution in [0, 0.1) is 17.8 Å². The van der Waals surface area contributed by atoms with Crippen LogP contribution in [0.2, 0.25) is 0 Å². The van der Waals surface area contributed by atoms with Gasteiger partial charge in [0.05, 0.1) is 34.0 Å². The molecular formula is C34H42N2O7S2. The molecule has 0 radical (unpaired) electrons. The normalized spacial score (nSPS) is 25.3. The van der Waals surface area contributed by atoms with Crippen molar-refractivity contribution in [3.8, 4) is 5.75 Å². The minimum atomic E-state index is -3.15. The summed E-state index contributed by atoms with van der Waals surface area (Å²) in [6.45, 7) is 4.03. The van der Waals surface area contributed by atoms with Gasteiger partial charge >= 0.3 is 5.97 Å². The Labute approximate surface area is 268 Å². The van der Waals surface area contributed by atoms with E-state index in [-0.39, 0.29) is 35.4 Å². The quantitative estimate of drug-likeness (QED) is 0.185. The van der Waals surface area contributed by atoms with Crippen molar-refractivity contribution < 1.29 is 31.5 Å². The zero-order chi connectivity index (χ0) is 32.4. The molecule has 2 aromatic carbocycles. The van der Waals surface area contributed by atoms with Gasteiger partial charge in [-0.2, -0.15) is 0 Å². The van der Waals surface area contributed by atoms with Gasteiger partial charge in [0, 0.05) is 23.2 Å². The van der Waals surface area contributed by atoms with Gasteiger partial charge in [0.25, 0.3) is 0 Å². The van der Waals surface area contributed by atoms with E-state index in [4.69, 9.17) is 9.73 Å². The monoisotopic (exact) mass is 654 g/mol. The fourth-order valence-corrected chi connectivity index (χ4v) is 8.66. The van der Waals surface area contributed by atoms with E-state index in [0.29, 0.717) is 61.2 Å². The lowest BCUT2D eigenvalue weighted by Gasteiger charge is -2.28. The number of anilines is 1. The second-order valence-electron chi connectivity index (χ2n) is 13.1. The van der Waals surface area contributed by atoms with Crippen molar-refractivity contribution in [2.45, 2.75) is 75.9 Å². The van der Waals surface area contributed by atoms with E-state index in [2.05, 4.69) is 5.32 Å². The Kier molecular flexibility index (Phi) is 10.1. The van der Waals surface area contributed by atoms with Gasteiger partial charge in [-0.05, 0) is 94.9 Å². The molecule has 1 heterocycles. The van der Waals surface area contributed by atoms with Crippen LogP contribution in [-0.2, 0) is 35.9 Å². The molecule has 2 N–H and O–H groups in total. The molecule has 0 spiro atoms. The molecule has 45 heavy (non-hydrogen) atoms. The van der Waals surface area contributed by atoms with Gasteiger partial charge in [0.1, 0.15) is 15.6 Å². The third-order valence-electron chi connectivity index (χ3n) is 9.55. The number of carbonyl (C=O) groups is 2. The number of hydrogen-bond donors (Lipinski definition) is 2. The molecule has 1 amide bonds. The number of esters is 1. The highest BCUT2D eigenvalue weighted by atomic mass is 32.2. The minimum Gasteiger partial charge on any atom is -0.426 e. The molecule has 1 atom stereocenters. The van der Waals surface area contributed by atoms with E-state index >= 15 is 0 Å². The van der Waals surface area contributed by atoms with Crippen LogP contribution in [0.3, 0.4) is 0 Å².